The number of carbonyl (C=O) groups excluding carboxylic acids is 2. The van der Waals surface area contributed by atoms with Crippen LogP contribution in [-0.4, -0.2) is 74.9 Å². The Morgan fingerprint density at radius 3 is 1.15 bits per heavy atom. The predicted molar refractivity (Wildman–Crippen MR) is 316 cm³/mol. The minimum atomic E-state index is -4.39. The molecular formula is C64H119NO8P+. The van der Waals surface area contributed by atoms with Crippen LogP contribution in [0.5, 0.6) is 0 Å². The summed E-state index contributed by atoms with van der Waals surface area (Å²) in [5.74, 6) is -0.800. The molecule has 2 unspecified atom stereocenters. The number of likely N-dealkylation sites (N-methyl/N-ethyl adjacent to an activating group) is 1. The molecule has 0 rings (SSSR count). The van der Waals surface area contributed by atoms with Crippen molar-refractivity contribution >= 4 is 19.8 Å². The van der Waals surface area contributed by atoms with Crippen LogP contribution < -0.4 is 0 Å². The van der Waals surface area contributed by atoms with Gasteiger partial charge in [0.25, 0.3) is 0 Å². The van der Waals surface area contributed by atoms with Crippen molar-refractivity contribution in [1.29, 1.82) is 0 Å². The van der Waals surface area contributed by atoms with Crippen LogP contribution in [0.4, 0.5) is 0 Å². The standard InChI is InChI=1S/C64H118NO8P/c1-6-8-10-12-14-16-18-20-22-24-26-28-30-31-32-33-35-36-38-40-42-44-46-48-50-52-54-56-63(66)70-60-62(61-72-74(68,69)71-59-58-65(3,4)5)73-64(67)57-55-53-51-49-47-45-43-41-39-37-34-29-27-25-23-21-19-17-15-13-11-9-7-2/h9,11,15,17,21,23,27,29,37,39,62H,6-8,10,12-14,16,18-20,22,24-26,28,30-36,38,40-61H2,1-5H3/p+1/b11-9-,17-15-,23-21-,29-27-,39-37-. The van der Waals surface area contributed by atoms with E-state index in [1.807, 2.05) is 21.1 Å². The third kappa shape index (κ3) is 59.0. The van der Waals surface area contributed by atoms with E-state index in [2.05, 4.69) is 74.6 Å². The summed E-state index contributed by atoms with van der Waals surface area (Å²) in [6.07, 6.45) is 71.6. The second kappa shape index (κ2) is 55.5. The van der Waals surface area contributed by atoms with Gasteiger partial charge in [-0.05, 0) is 57.8 Å². The first-order chi connectivity index (χ1) is 36.0. The van der Waals surface area contributed by atoms with Gasteiger partial charge in [0.2, 0.25) is 0 Å². The minimum Gasteiger partial charge on any atom is -0.462 e. The van der Waals surface area contributed by atoms with E-state index < -0.39 is 26.5 Å². The summed E-state index contributed by atoms with van der Waals surface area (Å²) in [6, 6.07) is 0. The van der Waals surface area contributed by atoms with Gasteiger partial charge in [-0.3, -0.25) is 18.6 Å². The monoisotopic (exact) mass is 1060 g/mol. The maximum atomic E-state index is 12.8. The first kappa shape index (κ1) is 71.7. The van der Waals surface area contributed by atoms with E-state index in [0.29, 0.717) is 17.4 Å². The maximum absolute atomic E-state index is 12.8. The zero-order valence-electron chi connectivity index (χ0n) is 49.1. The summed E-state index contributed by atoms with van der Waals surface area (Å²) in [5.41, 5.74) is 0. The van der Waals surface area contributed by atoms with E-state index in [1.165, 1.54) is 173 Å². The zero-order chi connectivity index (χ0) is 54.2. The van der Waals surface area contributed by atoms with Crippen LogP contribution in [0.1, 0.15) is 284 Å². The fourth-order valence-corrected chi connectivity index (χ4v) is 9.55. The molecule has 0 aliphatic heterocycles. The quantitative estimate of drug-likeness (QED) is 0.0211. The Morgan fingerprint density at radius 1 is 0.432 bits per heavy atom. The molecule has 0 aromatic rings. The maximum Gasteiger partial charge on any atom is 0.472 e. The molecule has 1 N–H and O–H groups in total. The number of phosphoric acid groups is 1. The molecule has 0 saturated heterocycles. The van der Waals surface area contributed by atoms with E-state index in [9.17, 15) is 19.0 Å². The largest absolute Gasteiger partial charge is 0.472 e. The number of hydrogen-bond donors (Lipinski definition) is 1. The van der Waals surface area contributed by atoms with Crippen molar-refractivity contribution in [1.82, 2.24) is 0 Å². The Kier molecular flexibility index (Phi) is 53.7. The van der Waals surface area contributed by atoms with Gasteiger partial charge in [-0.15, -0.1) is 0 Å². The molecule has 2 atom stereocenters. The number of unbranched alkanes of at least 4 members (excludes halogenated alkanes) is 33. The molecular weight excluding hydrogens is 942 g/mol. The number of ether oxygens (including phenoxy) is 2. The first-order valence-corrected chi connectivity index (χ1v) is 32.5. The van der Waals surface area contributed by atoms with Gasteiger partial charge in [0.15, 0.2) is 6.10 Å². The topological polar surface area (TPSA) is 108 Å². The van der Waals surface area contributed by atoms with Crippen LogP contribution in [0.15, 0.2) is 60.8 Å². The Morgan fingerprint density at radius 2 is 0.770 bits per heavy atom. The molecule has 0 bridgehead atoms. The number of esters is 2. The lowest BCUT2D eigenvalue weighted by atomic mass is 10.0. The molecule has 74 heavy (non-hydrogen) atoms. The molecule has 0 heterocycles. The highest BCUT2D eigenvalue weighted by molar-refractivity contribution is 7.47. The number of allylic oxidation sites excluding steroid dienone is 10. The molecule has 0 aliphatic rings. The normalized spacial score (nSPS) is 13.6. The summed E-state index contributed by atoms with van der Waals surface area (Å²) in [4.78, 5) is 35.8. The number of carbonyl (C=O) groups is 2. The average Bonchev–Trinajstić information content (AvgIpc) is 3.36. The van der Waals surface area contributed by atoms with Crippen molar-refractivity contribution < 1.29 is 42.1 Å². The number of rotatable bonds is 57. The van der Waals surface area contributed by atoms with E-state index in [0.717, 1.165) is 77.0 Å². The van der Waals surface area contributed by atoms with E-state index in [-0.39, 0.29) is 32.0 Å². The third-order valence-corrected chi connectivity index (χ3v) is 14.5. The lowest BCUT2D eigenvalue weighted by Gasteiger charge is -2.24. The molecule has 0 fully saturated rings. The van der Waals surface area contributed by atoms with Gasteiger partial charge >= 0.3 is 19.8 Å². The Balaban J connectivity index is 4.11. The van der Waals surface area contributed by atoms with Gasteiger partial charge < -0.3 is 18.9 Å². The summed E-state index contributed by atoms with van der Waals surface area (Å²) in [6.45, 7) is 4.35. The minimum absolute atomic E-state index is 0.0284. The van der Waals surface area contributed by atoms with Crippen molar-refractivity contribution in [3.8, 4) is 0 Å². The fraction of sp³-hybridized carbons (Fsp3) is 0.812. The number of hydrogen-bond acceptors (Lipinski definition) is 7. The van der Waals surface area contributed by atoms with E-state index >= 15 is 0 Å². The highest BCUT2D eigenvalue weighted by Gasteiger charge is 2.27. The number of nitrogens with zero attached hydrogens (tertiary/aromatic N) is 1. The van der Waals surface area contributed by atoms with Crippen LogP contribution in [0.25, 0.3) is 0 Å². The van der Waals surface area contributed by atoms with Crippen LogP contribution in [0, 0.1) is 0 Å². The Hall–Kier alpha value is -2.29. The van der Waals surface area contributed by atoms with Gasteiger partial charge in [0, 0.05) is 12.8 Å². The molecule has 0 aliphatic carbocycles. The van der Waals surface area contributed by atoms with Crippen LogP contribution in [-0.2, 0) is 32.7 Å². The Bertz CT molecular complexity index is 1430. The lowest BCUT2D eigenvalue weighted by molar-refractivity contribution is -0.870. The Labute approximate surface area is 457 Å². The fourth-order valence-electron chi connectivity index (χ4n) is 8.81. The molecule has 0 aromatic carbocycles. The number of phosphoric ester groups is 1. The highest BCUT2D eigenvalue weighted by Crippen LogP contribution is 2.43. The van der Waals surface area contributed by atoms with Crippen molar-refractivity contribution in [3.05, 3.63) is 60.8 Å². The van der Waals surface area contributed by atoms with Crippen LogP contribution in [0.2, 0.25) is 0 Å². The van der Waals surface area contributed by atoms with E-state index in [4.69, 9.17) is 18.5 Å². The summed E-state index contributed by atoms with van der Waals surface area (Å²) in [7, 11) is 1.47. The summed E-state index contributed by atoms with van der Waals surface area (Å²) in [5, 5.41) is 0. The van der Waals surface area contributed by atoms with E-state index in [1.54, 1.807) is 0 Å². The SMILES string of the molecule is CC/C=C\C/C=C\C/C=C\C/C=C\C/C=C\CCCCCCCCCC(=O)OC(COC(=O)CCCCCCCCCCCCCCCCCCCCCCCCCCCCC)COP(=O)(O)OCC[N+](C)(C)C. The molecule has 0 amide bonds. The van der Waals surface area contributed by atoms with Crippen molar-refractivity contribution in [2.45, 2.75) is 290 Å². The molecule has 432 valence electrons. The summed E-state index contributed by atoms with van der Waals surface area (Å²) >= 11 is 0. The second-order valence-corrected chi connectivity index (χ2v) is 23.5. The first-order valence-electron chi connectivity index (χ1n) is 31.0. The molecule has 9 nitrogen and oxygen atoms in total. The molecule has 0 radical (unpaired) electrons. The molecule has 0 aromatic heterocycles. The smallest absolute Gasteiger partial charge is 0.462 e. The van der Waals surface area contributed by atoms with Gasteiger partial charge in [-0.1, -0.05) is 274 Å². The van der Waals surface area contributed by atoms with Crippen molar-refractivity contribution in [3.63, 3.8) is 0 Å². The molecule has 0 saturated carbocycles. The van der Waals surface area contributed by atoms with Crippen molar-refractivity contribution in [2.75, 3.05) is 47.5 Å². The highest BCUT2D eigenvalue weighted by atomic mass is 31.2. The van der Waals surface area contributed by atoms with Gasteiger partial charge in [0.1, 0.15) is 19.8 Å². The number of quaternary nitrogens is 1. The average molecular weight is 1060 g/mol. The second-order valence-electron chi connectivity index (χ2n) is 22.1. The van der Waals surface area contributed by atoms with Crippen LogP contribution >= 0.6 is 7.82 Å². The molecule has 0 spiro atoms. The lowest BCUT2D eigenvalue weighted by Crippen LogP contribution is -2.37. The predicted octanol–water partition coefficient (Wildman–Crippen LogP) is 19.5. The zero-order valence-corrected chi connectivity index (χ0v) is 50.0. The van der Waals surface area contributed by atoms with Gasteiger partial charge in [-0.2, -0.15) is 0 Å². The van der Waals surface area contributed by atoms with Gasteiger partial charge in [-0.25, -0.2) is 4.57 Å². The molecule has 10 heteroatoms. The third-order valence-electron chi connectivity index (χ3n) is 13.6. The van der Waals surface area contributed by atoms with Crippen LogP contribution in [0.3, 0.4) is 0 Å². The van der Waals surface area contributed by atoms with Crippen molar-refractivity contribution in [2.24, 2.45) is 0 Å². The summed E-state index contributed by atoms with van der Waals surface area (Å²) < 4.78 is 34.6. The van der Waals surface area contributed by atoms with Gasteiger partial charge in [0.05, 0.1) is 27.7 Å².